The first-order chi connectivity index (χ1) is 12.0. The second-order valence-corrected chi connectivity index (χ2v) is 5.92. The van der Waals surface area contributed by atoms with Gasteiger partial charge < -0.3 is 14.8 Å². The van der Waals surface area contributed by atoms with Crippen LogP contribution >= 0.6 is 0 Å². The van der Waals surface area contributed by atoms with E-state index in [1.807, 2.05) is 0 Å². The van der Waals surface area contributed by atoms with E-state index in [4.69, 9.17) is 9.47 Å². The number of methoxy groups -OCH3 is 1. The molecule has 1 unspecified atom stereocenters. The number of rotatable bonds is 7. The van der Waals surface area contributed by atoms with Crippen LogP contribution in [0.3, 0.4) is 0 Å². The molecule has 0 aliphatic carbocycles. The molecule has 1 aliphatic rings. The summed E-state index contributed by atoms with van der Waals surface area (Å²) in [5.74, 6) is 0.0268. The third kappa shape index (κ3) is 4.49. The number of piperidine rings is 1. The number of nitrogens with one attached hydrogen (secondary N) is 1. The van der Waals surface area contributed by atoms with E-state index in [0.29, 0.717) is 30.1 Å². The number of likely N-dealkylation sites (tertiary alicyclic amines) is 1. The van der Waals surface area contributed by atoms with Crippen molar-refractivity contribution in [3.05, 3.63) is 23.8 Å². The van der Waals surface area contributed by atoms with Crippen molar-refractivity contribution in [1.82, 2.24) is 10.2 Å². The van der Waals surface area contributed by atoms with Crippen molar-refractivity contribution < 1.29 is 23.9 Å². The van der Waals surface area contributed by atoms with Crippen molar-refractivity contribution in [2.75, 3.05) is 20.8 Å². The number of imide groups is 1. The largest absolute Gasteiger partial charge is 0.493 e. The minimum absolute atomic E-state index is 0.231. The zero-order valence-corrected chi connectivity index (χ0v) is 14.8. The zero-order valence-electron chi connectivity index (χ0n) is 14.8. The van der Waals surface area contributed by atoms with Gasteiger partial charge in [-0.2, -0.15) is 0 Å². The molecule has 0 spiro atoms. The highest BCUT2D eigenvalue weighted by molar-refractivity contribution is 6.03. The monoisotopic (exact) mass is 348 g/mol. The average Bonchev–Trinajstić information content (AvgIpc) is 2.62. The Hall–Kier alpha value is -2.57. The highest BCUT2D eigenvalue weighted by Crippen LogP contribution is 2.28. The van der Waals surface area contributed by atoms with E-state index in [0.717, 1.165) is 17.7 Å². The Kier molecular flexibility index (Phi) is 6.38. The molecule has 25 heavy (non-hydrogen) atoms. The number of ether oxygens (including phenoxy) is 2. The molecule has 1 saturated heterocycles. The number of amides is 3. The first kappa shape index (κ1) is 18.8. The summed E-state index contributed by atoms with van der Waals surface area (Å²) in [7, 11) is 2.93. The Bertz CT molecular complexity index is 659. The fourth-order valence-electron chi connectivity index (χ4n) is 2.55. The maximum absolute atomic E-state index is 12.4. The summed E-state index contributed by atoms with van der Waals surface area (Å²) >= 11 is 0. The van der Waals surface area contributed by atoms with Gasteiger partial charge in [-0.15, -0.1) is 0 Å². The minimum atomic E-state index is -0.693. The van der Waals surface area contributed by atoms with Crippen LogP contribution in [0.5, 0.6) is 11.5 Å². The first-order valence-electron chi connectivity index (χ1n) is 8.40. The van der Waals surface area contributed by atoms with Gasteiger partial charge in [0.15, 0.2) is 11.5 Å². The van der Waals surface area contributed by atoms with Crippen LogP contribution in [-0.4, -0.2) is 49.4 Å². The van der Waals surface area contributed by atoms with E-state index in [9.17, 15) is 14.4 Å². The lowest BCUT2D eigenvalue weighted by atomic mass is 10.0. The van der Waals surface area contributed by atoms with E-state index in [-0.39, 0.29) is 18.2 Å². The number of unbranched alkanes of at least 4 members (excludes halogenated alkanes) is 1. The molecule has 0 aromatic heterocycles. The zero-order chi connectivity index (χ0) is 18.4. The van der Waals surface area contributed by atoms with Gasteiger partial charge in [0.1, 0.15) is 6.04 Å². The standard InChI is InChI=1S/C18H24N2O5/c1-4-5-10-25-14-8-6-12(11-15(14)24-3)17(22)19-13-7-9-16(21)20(2)18(13)23/h6,8,11,13H,4-5,7,9-10H2,1-3H3,(H,19,22). The highest BCUT2D eigenvalue weighted by Gasteiger charge is 2.32. The number of likely N-dealkylation sites (N-methyl/N-ethyl adjacent to an activating group) is 1. The van der Waals surface area contributed by atoms with Crippen molar-refractivity contribution in [2.24, 2.45) is 0 Å². The molecule has 7 nitrogen and oxygen atoms in total. The third-order valence-corrected chi connectivity index (χ3v) is 4.14. The normalized spacial score (nSPS) is 17.4. The van der Waals surface area contributed by atoms with Crippen LogP contribution in [0.2, 0.25) is 0 Å². The molecule has 1 aliphatic heterocycles. The fourth-order valence-corrected chi connectivity index (χ4v) is 2.55. The van der Waals surface area contributed by atoms with Crippen LogP contribution in [0.15, 0.2) is 18.2 Å². The van der Waals surface area contributed by atoms with Gasteiger partial charge in [0.05, 0.1) is 13.7 Å². The molecule has 1 heterocycles. The van der Waals surface area contributed by atoms with E-state index < -0.39 is 11.9 Å². The Balaban J connectivity index is 2.06. The maximum Gasteiger partial charge on any atom is 0.252 e. The average molecular weight is 348 g/mol. The number of benzene rings is 1. The van der Waals surface area contributed by atoms with Gasteiger partial charge in [-0.1, -0.05) is 13.3 Å². The smallest absolute Gasteiger partial charge is 0.252 e. The van der Waals surface area contributed by atoms with Gasteiger partial charge >= 0.3 is 0 Å². The van der Waals surface area contributed by atoms with Crippen molar-refractivity contribution in [1.29, 1.82) is 0 Å². The first-order valence-corrected chi connectivity index (χ1v) is 8.40. The molecule has 1 aromatic rings. The summed E-state index contributed by atoms with van der Waals surface area (Å²) in [5.41, 5.74) is 0.368. The molecule has 136 valence electrons. The van der Waals surface area contributed by atoms with E-state index in [1.54, 1.807) is 18.2 Å². The van der Waals surface area contributed by atoms with E-state index in [1.165, 1.54) is 14.2 Å². The molecule has 3 amide bonds. The quantitative estimate of drug-likeness (QED) is 0.599. The highest BCUT2D eigenvalue weighted by atomic mass is 16.5. The molecule has 7 heteroatoms. The number of hydrogen-bond acceptors (Lipinski definition) is 5. The van der Waals surface area contributed by atoms with Gasteiger partial charge in [-0.05, 0) is 31.0 Å². The third-order valence-electron chi connectivity index (χ3n) is 4.14. The number of hydrogen-bond donors (Lipinski definition) is 1. The van der Waals surface area contributed by atoms with Gasteiger partial charge in [-0.3, -0.25) is 19.3 Å². The van der Waals surface area contributed by atoms with Crippen LogP contribution < -0.4 is 14.8 Å². The van der Waals surface area contributed by atoms with Crippen molar-refractivity contribution >= 4 is 17.7 Å². The molecule has 1 atom stereocenters. The topological polar surface area (TPSA) is 84.9 Å². The summed E-state index contributed by atoms with van der Waals surface area (Å²) in [6.07, 6.45) is 2.50. The molecular weight excluding hydrogens is 324 g/mol. The number of carbonyl (C=O) groups excluding carboxylic acids is 3. The Morgan fingerprint density at radius 3 is 2.76 bits per heavy atom. The fraction of sp³-hybridized carbons (Fsp3) is 0.500. The molecule has 1 aromatic carbocycles. The van der Waals surface area contributed by atoms with Crippen LogP contribution in [0.4, 0.5) is 0 Å². The van der Waals surface area contributed by atoms with E-state index in [2.05, 4.69) is 12.2 Å². The predicted molar refractivity (Wildman–Crippen MR) is 91.7 cm³/mol. The van der Waals surface area contributed by atoms with Gasteiger partial charge in [0.2, 0.25) is 5.91 Å². The Morgan fingerprint density at radius 1 is 1.32 bits per heavy atom. The van der Waals surface area contributed by atoms with Gasteiger partial charge in [0.25, 0.3) is 11.8 Å². The molecule has 1 N–H and O–H groups in total. The molecule has 0 saturated carbocycles. The SMILES string of the molecule is CCCCOc1ccc(C(=O)NC2CCC(=O)N(C)C2=O)cc1OC. The molecule has 0 bridgehead atoms. The predicted octanol–water partition coefficient (Wildman–Crippen LogP) is 1.75. The molecular formula is C18H24N2O5. The van der Waals surface area contributed by atoms with Crippen LogP contribution in [0.1, 0.15) is 43.0 Å². The van der Waals surface area contributed by atoms with Crippen LogP contribution in [0.25, 0.3) is 0 Å². The summed E-state index contributed by atoms with van der Waals surface area (Å²) in [4.78, 5) is 37.0. The lowest BCUT2D eigenvalue weighted by Crippen LogP contribution is -2.52. The molecule has 1 fully saturated rings. The maximum atomic E-state index is 12.4. The molecule has 0 radical (unpaired) electrons. The van der Waals surface area contributed by atoms with E-state index >= 15 is 0 Å². The lowest BCUT2D eigenvalue weighted by molar-refractivity contribution is -0.147. The van der Waals surface area contributed by atoms with Crippen LogP contribution in [-0.2, 0) is 9.59 Å². The summed E-state index contributed by atoms with van der Waals surface area (Å²) in [6.45, 7) is 2.65. The second-order valence-electron chi connectivity index (χ2n) is 5.92. The minimum Gasteiger partial charge on any atom is -0.493 e. The Labute approximate surface area is 147 Å². The number of nitrogens with zero attached hydrogens (tertiary/aromatic N) is 1. The van der Waals surface area contributed by atoms with Crippen molar-refractivity contribution in [3.8, 4) is 11.5 Å². The van der Waals surface area contributed by atoms with Crippen molar-refractivity contribution in [3.63, 3.8) is 0 Å². The van der Waals surface area contributed by atoms with Crippen LogP contribution in [0, 0.1) is 0 Å². The molecule has 2 rings (SSSR count). The summed E-state index contributed by atoms with van der Waals surface area (Å²) in [6, 6.07) is 4.20. The summed E-state index contributed by atoms with van der Waals surface area (Å²) < 4.78 is 10.9. The number of carbonyl (C=O) groups is 3. The van der Waals surface area contributed by atoms with Crippen molar-refractivity contribution in [2.45, 2.75) is 38.6 Å². The summed E-state index contributed by atoms with van der Waals surface area (Å²) in [5, 5.41) is 2.68. The second kappa shape index (κ2) is 8.50. The van der Waals surface area contributed by atoms with Gasteiger partial charge in [0, 0.05) is 19.0 Å². The Morgan fingerprint density at radius 2 is 2.08 bits per heavy atom. The van der Waals surface area contributed by atoms with Gasteiger partial charge in [-0.25, -0.2) is 0 Å². The lowest BCUT2D eigenvalue weighted by Gasteiger charge is -2.28.